The fourth-order valence-electron chi connectivity index (χ4n) is 11.3. The Balaban J connectivity index is 0.00000180. The molecule has 1 saturated carbocycles. The summed E-state index contributed by atoms with van der Waals surface area (Å²) in [6.45, 7) is 12.4. The Kier molecular flexibility index (Phi) is 21.1. The van der Waals surface area contributed by atoms with Gasteiger partial charge in [0.2, 0.25) is 11.8 Å². The molecule has 3 amide bonds. The maximum absolute atomic E-state index is 14.3. The second kappa shape index (κ2) is 24.1. The van der Waals surface area contributed by atoms with Gasteiger partial charge in [-0.25, -0.2) is 14.8 Å². The van der Waals surface area contributed by atoms with Crippen LogP contribution in [-0.4, -0.2) is 86.6 Å². The van der Waals surface area contributed by atoms with E-state index in [1.807, 2.05) is 18.7 Å². The molecule has 2 aromatic heterocycles. The number of benzene rings is 4. The molecule has 5 heterocycles. The molecule has 3 saturated heterocycles. The van der Waals surface area contributed by atoms with Crippen LogP contribution in [0.4, 0.5) is 4.79 Å². The molecule has 1 spiro atoms. The van der Waals surface area contributed by atoms with Crippen molar-refractivity contribution in [3.05, 3.63) is 72.3 Å². The number of carbonyl (C=O) groups excluding carboxylic acids is 3. The van der Waals surface area contributed by atoms with E-state index in [9.17, 15) is 14.4 Å². The SMILES string of the molecule is COC(=O)N[C@H](C(=O)N1[C@H](c2nc3c(ccc4cc(-c5ccc6c(ccc7[nH]c([C@@H]8C[C@@]9(CCCOC9)CN8C(=O)[C@@H](C)C(C)C)nc76)c5)ccc43)[nH]2)C[C@@H]2CCC[C@@H]21)C(C)C.S.S.S.S.S.S.S. The molecule has 0 radical (unpaired) electrons. The van der Waals surface area contributed by atoms with E-state index in [2.05, 4.69) is 102 Å². The topological polar surface area (TPSA) is 146 Å². The first-order chi connectivity index (χ1) is 29.9. The molecule has 3 aliphatic heterocycles. The number of methoxy groups -OCH3 is 1. The van der Waals surface area contributed by atoms with Crippen LogP contribution < -0.4 is 5.32 Å². The molecule has 7 atom stereocenters. The number of H-pyrrole nitrogens is 2. The molecule has 0 bridgehead atoms. The highest BCUT2D eigenvalue weighted by Crippen LogP contribution is 2.50. The number of hydrogen-bond donors (Lipinski definition) is 3. The fraction of sp³-hybridized carbons (Fsp3) is 0.500. The lowest BCUT2D eigenvalue weighted by molar-refractivity contribution is -0.138. The van der Waals surface area contributed by atoms with Crippen molar-refractivity contribution in [2.75, 3.05) is 26.9 Å². The van der Waals surface area contributed by atoms with E-state index in [0.717, 1.165) is 118 Å². The molecular weight excluding hydrogens is 1000 g/mol. The van der Waals surface area contributed by atoms with Gasteiger partial charge in [-0.3, -0.25) is 9.59 Å². The number of rotatable bonds is 8. The number of hydrogen-bond acceptors (Lipinski definition) is 7. The summed E-state index contributed by atoms with van der Waals surface area (Å²) >= 11 is 0. The highest BCUT2D eigenvalue weighted by molar-refractivity contribution is 7.60. The number of amides is 3. The van der Waals surface area contributed by atoms with Gasteiger partial charge < -0.3 is 34.6 Å². The van der Waals surface area contributed by atoms with E-state index in [-0.39, 0.29) is 148 Å². The molecule has 19 heteroatoms. The van der Waals surface area contributed by atoms with Crippen molar-refractivity contribution < 1.29 is 23.9 Å². The highest BCUT2D eigenvalue weighted by atomic mass is 32.1. The van der Waals surface area contributed by atoms with Crippen molar-refractivity contribution in [1.29, 1.82) is 0 Å². The third-order valence-electron chi connectivity index (χ3n) is 15.0. The molecule has 6 aromatic rings. The molecule has 1 aliphatic carbocycles. The lowest BCUT2D eigenvalue weighted by Gasteiger charge is -2.33. The zero-order valence-electron chi connectivity index (χ0n) is 40.3. The molecular formula is C50H73N7O5S7. The lowest BCUT2D eigenvalue weighted by Crippen LogP contribution is -2.53. The maximum atomic E-state index is 14.3. The van der Waals surface area contributed by atoms with Crippen LogP contribution in [0.25, 0.3) is 54.7 Å². The van der Waals surface area contributed by atoms with Crippen LogP contribution in [0, 0.1) is 29.1 Å². The molecule has 0 unspecified atom stereocenters. The van der Waals surface area contributed by atoms with Crippen LogP contribution >= 0.6 is 94.5 Å². The van der Waals surface area contributed by atoms with Gasteiger partial charge in [0.15, 0.2) is 0 Å². The number of aromatic amines is 2. The standard InChI is InChI=1S/C50H59N7O5.7H2S/c1-27(2)29(5)47(58)56-25-50(19-8-20-62-26-50)24-41(56)46-52-38-18-14-33-22-31(12-16-36(33)44(38)54-46)30-11-15-35-32(21-30)13-17-37-43(35)53-45(51-37)40-23-34-9-7-10-39(34)57(40)48(59)42(28(3)4)55-49(60)61-6;;;;;;;/h11-18,21-22,27-29,34,39-42H,7-10,19-20,23-26H2,1-6H3,(H,51,53)(H,52,54)(H,55,60);7*1H2/t29-,34-,39-,40-,41-,42-,50-;;;;;;;/m0......./s1. The summed E-state index contributed by atoms with van der Waals surface area (Å²) in [5.74, 6) is 2.27. The van der Waals surface area contributed by atoms with Crippen molar-refractivity contribution >= 4 is 156 Å². The molecule has 4 fully saturated rings. The van der Waals surface area contributed by atoms with E-state index in [1.165, 1.54) is 7.11 Å². The Labute approximate surface area is 454 Å². The molecule has 380 valence electrons. The molecule has 69 heavy (non-hydrogen) atoms. The van der Waals surface area contributed by atoms with Crippen molar-refractivity contribution in [3.8, 4) is 11.1 Å². The van der Waals surface area contributed by atoms with Gasteiger partial charge in [-0.15, -0.1) is 0 Å². The number of carbonyl (C=O) groups is 3. The van der Waals surface area contributed by atoms with Crippen molar-refractivity contribution in [1.82, 2.24) is 35.1 Å². The van der Waals surface area contributed by atoms with Gasteiger partial charge in [0, 0.05) is 41.3 Å². The minimum Gasteiger partial charge on any atom is -0.453 e. The predicted molar refractivity (Wildman–Crippen MR) is 314 cm³/mol. The van der Waals surface area contributed by atoms with Gasteiger partial charge in [-0.05, 0) is 102 Å². The first-order valence-electron chi connectivity index (χ1n) is 22.8. The number of fused-ring (bicyclic) bond motifs is 7. The van der Waals surface area contributed by atoms with Gasteiger partial charge in [0.25, 0.3) is 0 Å². The minimum absolute atomic E-state index is 0. The van der Waals surface area contributed by atoms with E-state index in [1.54, 1.807) is 0 Å². The number of aromatic nitrogens is 4. The quantitative estimate of drug-likeness (QED) is 0.138. The summed E-state index contributed by atoms with van der Waals surface area (Å²) in [5.41, 5.74) is 5.91. The van der Waals surface area contributed by atoms with Crippen molar-refractivity contribution in [2.45, 2.75) is 104 Å². The summed E-state index contributed by atoms with van der Waals surface area (Å²) in [5, 5.41) is 7.12. The molecule has 12 nitrogen and oxygen atoms in total. The van der Waals surface area contributed by atoms with Gasteiger partial charge in [-0.1, -0.05) is 77.4 Å². The Hall–Kier alpha value is -3.04. The number of nitrogens with zero attached hydrogens (tertiary/aromatic N) is 4. The number of ether oxygens (including phenoxy) is 2. The lowest BCUT2D eigenvalue weighted by atomic mass is 9.80. The van der Waals surface area contributed by atoms with E-state index >= 15 is 0 Å². The largest absolute Gasteiger partial charge is 0.453 e. The van der Waals surface area contributed by atoms with E-state index < -0.39 is 12.1 Å². The number of likely N-dealkylation sites (tertiary alicyclic amines) is 2. The Morgan fingerprint density at radius 3 is 1.84 bits per heavy atom. The van der Waals surface area contributed by atoms with Gasteiger partial charge >= 0.3 is 6.09 Å². The van der Waals surface area contributed by atoms with E-state index in [0.29, 0.717) is 19.1 Å². The Bertz CT molecular complexity index is 2740. The van der Waals surface area contributed by atoms with Crippen LogP contribution in [0.15, 0.2) is 60.7 Å². The van der Waals surface area contributed by atoms with Gasteiger partial charge in [0.05, 0.1) is 47.9 Å². The normalized spacial score (nSPS) is 22.4. The number of nitrogens with one attached hydrogen (secondary N) is 3. The zero-order chi connectivity index (χ0) is 43.0. The Morgan fingerprint density at radius 2 is 1.32 bits per heavy atom. The van der Waals surface area contributed by atoms with E-state index in [4.69, 9.17) is 19.4 Å². The summed E-state index contributed by atoms with van der Waals surface area (Å²) in [6, 6.07) is 20.8. The van der Waals surface area contributed by atoms with Crippen molar-refractivity contribution in [3.63, 3.8) is 0 Å². The number of alkyl carbamates (subject to hydrolysis) is 1. The fourth-order valence-corrected chi connectivity index (χ4v) is 11.3. The number of imidazole rings is 2. The summed E-state index contributed by atoms with van der Waals surface area (Å²) in [7, 11) is 1.32. The van der Waals surface area contributed by atoms with Crippen LogP contribution in [-0.2, 0) is 19.1 Å². The second-order valence-corrected chi connectivity index (χ2v) is 19.5. The first-order valence-corrected chi connectivity index (χ1v) is 22.8. The third-order valence-corrected chi connectivity index (χ3v) is 15.0. The average molecular weight is 1080 g/mol. The van der Waals surface area contributed by atoms with Crippen molar-refractivity contribution in [2.24, 2.45) is 29.1 Å². The van der Waals surface area contributed by atoms with Crippen LogP contribution in [0.2, 0.25) is 0 Å². The smallest absolute Gasteiger partial charge is 0.407 e. The summed E-state index contributed by atoms with van der Waals surface area (Å²) in [4.78, 5) is 62.4. The monoisotopic (exact) mass is 1080 g/mol. The maximum Gasteiger partial charge on any atom is 0.407 e. The first kappa shape index (κ1) is 60.3. The summed E-state index contributed by atoms with van der Waals surface area (Å²) < 4.78 is 10.9. The molecule has 4 aromatic carbocycles. The zero-order valence-corrected chi connectivity index (χ0v) is 47.3. The third kappa shape index (κ3) is 11.0. The minimum atomic E-state index is -0.686. The molecule has 4 aliphatic rings. The molecule has 10 rings (SSSR count). The predicted octanol–water partition coefficient (Wildman–Crippen LogP) is 10.4. The Morgan fingerprint density at radius 1 is 0.739 bits per heavy atom. The van der Waals surface area contributed by atoms with Gasteiger partial charge in [0.1, 0.15) is 17.7 Å². The molecule has 3 N–H and O–H groups in total. The highest BCUT2D eigenvalue weighted by Gasteiger charge is 2.51. The summed E-state index contributed by atoms with van der Waals surface area (Å²) in [6.07, 6.45) is 6.34. The average Bonchev–Trinajstić information content (AvgIpc) is 4.12. The van der Waals surface area contributed by atoms with Gasteiger partial charge in [-0.2, -0.15) is 94.5 Å². The van der Waals surface area contributed by atoms with Crippen LogP contribution in [0.5, 0.6) is 0 Å². The second-order valence-electron chi connectivity index (χ2n) is 19.5. The van der Waals surface area contributed by atoms with Crippen LogP contribution in [0.3, 0.4) is 0 Å². The van der Waals surface area contributed by atoms with Crippen LogP contribution in [0.1, 0.15) is 103 Å².